The molecule has 0 unspecified atom stereocenters. The van der Waals surface area contributed by atoms with E-state index in [9.17, 15) is 0 Å². The van der Waals surface area contributed by atoms with E-state index < -0.39 is 0 Å². The Kier molecular flexibility index (Phi) is 4.03. The molecule has 0 spiro atoms. The third-order valence-corrected chi connectivity index (χ3v) is 5.61. The summed E-state index contributed by atoms with van der Waals surface area (Å²) in [5.74, 6) is 0.841. The highest BCUT2D eigenvalue weighted by atomic mass is 32.2. The van der Waals surface area contributed by atoms with Gasteiger partial charge in [-0.3, -0.25) is 5.10 Å². The van der Waals surface area contributed by atoms with Gasteiger partial charge >= 0.3 is 0 Å². The molecule has 7 heteroatoms. The fraction of sp³-hybridized carbons (Fsp3) is 0.611. The second-order valence-corrected chi connectivity index (χ2v) is 8.95. The molecule has 0 aromatic carbocycles. The largest absolute Gasteiger partial charge is 0.376 e. The molecule has 0 amide bonds. The van der Waals surface area contributed by atoms with Gasteiger partial charge in [-0.05, 0) is 37.9 Å². The van der Waals surface area contributed by atoms with Crippen LogP contribution in [0.25, 0.3) is 11.4 Å². The van der Waals surface area contributed by atoms with E-state index >= 15 is 0 Å². The van der Waals surface area contributed by atoms with Gasteiger partial charge in [-0.1, -0.05) is 25.6 Å². The SMILES string of the molecule is CSc1nc(NC2(C)COC2)cc(-c2n[nH]c3c2CCC(C)(C)C3)n1. The molecule has 2 aliphatic rings. The van der Waals surface area contributed by atoms with Crippen LogP contribution < -0.4 is 5.32 Å². The summed E-state index contributed by atoms with van der Waals surface area (Å²) in [7, 11) is 0. The molecule has 4 rings (SSSR count). The molecule has 6 nitrogen and oxygen atoms in total. The normalized spacial score (nSPS) is 20.6. The number of aromatic nitrogens is 4. The predicted octanol–water partition coefficient (Wildman–Crippen LogP) is 3.30. The van der Waals surface area contributed by atoms with Gasteiger partial charge in [0.05, 0.1) is 24.4 Å². The van der Waals surface area contributed by atoms with Crippen molar-refractivity contribution in [1.29, 1.82) is 0 Å². The van der Waals surface area contributed by atoms with Crippen LogP contribution in [0.15, 0.2) is 11.2 Å². The van der Waals surface area contributed by atoms with Crippen molar-refractivity contribution >= 4 is 17.6 Å². The van der Waals surface area contributed by atoms with Gasteiger partial charge in [-0.2, -0.15) is 5.10 Å². The lowest BCUT2D eigenvalue weighted by molar-refractivity contribution is -0.0320. The standard InChI is InChI=1S/C18H25N5OS/c1-17(2)6-5-11-13(8-17)22-23-15(11)12-7-14(20-16(19-12)25-4)21-18(3)9-24-10-18/h7H,5-6,8-10H2,1-4H3,(H,22,23)(H,19,20,21). The van der Waals surface area contributed by atoms with Crippen LogP contribution in [0.1, 0.15) is 38.4 Å². The number of rotatable bonds is 4. The van der Waals surface area contributed by atoms with E-state index in [-0.39, 0.29) is 5.54 Å². The number of hydrogen-bond donors (Lipinski definition) is 2. The zero-order valence-electron chi connectivity index (χ0n) is 15.3. The highest BCUT2D eigenvalue weighted by molar-refractivity contribution is 7.98. The molecule has 1 aliphatic heterocycles. The Balaban J connectivity index is 1.70. The minimum atomic E-state index is -0.0453. The van der Waals surface area contributed by atoms with Crippen molar-refractivity contribution in [2.45, 2.75) is 50.7 Å². The smallest absolute Gasteiger partial charge is 0.189 e. The minimum Gasteiger partial charge on any atom is -0.376 e. The molecule has 1 aliphatic carbocycles. The quantitative estimate of drug-likeness (QED) is 0.644. The summed E-state index contributed by atoms with van der Waals surface area (Å²) < 4.78 is 5.33. The van der Waals surface area contributed by atoms with Crippen molar-refractivity contribution in [3.05, 3.63) is 17.3 Å². The summed E-state index contributed by atoms with van der Waals surface area (Å²) in [6.07, 6.45) is 5.25. The first kappa shape index (κ1) is 16.8. The second kappa shape index (κ2) is 5.99. The number of H-pyrrole nitrogens is 1. The van der Waals surface area contributed by atoms with E-state index in [1.807, 2.05) is 12.3 Å². The Morgan fingerprint density at radius 3 is 2.72 bits per heavy atom. The molecule has 2 aromatic heterocycles. The number of aromatic amines is 1. The molecule has 3 heterocycles. The van der Waals surface area contributed by atoms with Crippen LogP contribution in [-0.2, 0) is 17.6 Å². The van der Waals surface area contributed by atoms with Crippen molar-refractivity contribution in [3.63, 3.8) is 0 Å². The van der Waals surface area contributed by atoms with Gasteiger partial charge in [-0.25, -0.2) is 9.97 Å². The van der Waals surface area contributed by atoms with Gasteiger partial charge < -0.3 is 10.1 Å². The predicted molar refractivity (Wildman–Crippen MR) is 100 cm³/mol. The Morgan fingerprint density at radius 1 is 1.24 bits per heavy atom. The minimum absolute atomic E-state index is 0.0453. The Bertz CT molecular complexity index is 797. The summed E-state index contributed by atoms with van der Waals surface area (Å²) in [6, 6.07) is 2.01. The highest BCUT2D eigenvalue weighted by Crippen LogP contribution is 2.38. The van der Waals surface area contributed by atoms with Crippen molar-refractivity contribution in [2.24, 2.45) is 5.41 Å². The zero-order chi connectivity index (χ0) is 17.7. The van der Waals surface area contributed by atoms with Gasteiger partial charge in [0.15, 0.2) is 5.16 Å². The van der Waals surface area contributed by atoms with E-state index in [0.717, 1.165) is 35.2 Å². The molecule has 0 saturated carbocycles. The van der Waals surface area contributed by atoms with E-state index in [1.165, 1.54) is 17.7 Å². The van der Waals surface area contributed by atoms with E-state index in [0.29, 0.717) is 18.6 Å². The Hall–Kier alpha value is -1.60. The molecule has 134 valence electrons. The highest BCUT2D eigenvalue weighted by Gasteiger charge is 2.34. The molecule has 0 radical (unpaired) electrons. The monoisotopic (exact) mass is 359 g/mol. The zero-order valence-corrected chi connectivity index (χ0v) is 16.1. The van der Waals surface area contributed by atoms with Crippen molar-refractivity contribution in [1.82, 2.24) is 20.2 Å². The number of thioether (sulfide) groups is 1. The van der Waals surface area contributed by atoms with E-state index in [2.05, 4.69) is 41.3 Å². The lowest BCUT2D eigenvalue weighted by Gasteiger charge is -2.39. The van der Waals surface area contributed by atoms with Crippen molar-refractivity contribution < 1.29 is 4.74 Å². The summed E-state index contributed by atoms with van der Waals surface area (Å²) in [6.45, 7) is 8.18. The number of fused-ring (bicyclic) bond motifs is 1. The summed E-state index contributed by atoms with van der Waals surface area (Å²) in [5.41, 5.74) is 4.72. The molecule has 0 atom stereocenters. The fourth-order valence-electron chi connectivity index (χ4n) is 3.55. The Labute approximate surface area is 152 Å². The first-order valence-corrected chi connectivity index (χ1v) is 9.95. The van der Waals surface area contributed by atoms with Crippen LogP contribution in [0.5, 0.6) is 0 Å². The Morgan fingerprint density at radius 2 is 2.04 bits per heavy atom. The number of anilines is 1. The van der Waals surface area contributed by atoms with Crippen LogP contribution in [-0.4, -0.2) is 45.2 Å². The van der Waals surface area contributed by atoms with Gasteiger partial charge in [0.1, 0.15) is 11.5 Å². The summed E-state index contributed by atoms with van der Waals surface area (Å²) in [5, 5.41) is 12.1. The molecule has 25 heavy (non-hydrogen) atoms. The first-order valence-electron chi connectivity index (χ1n) is 8.73. The third-order valence-electron chi connectivity index (χ3n) is 5.06. The molecule has 0 bridgehead atoms. The molecule has 2 aromatic rings. The topological polar surface area (TPSA) is 75.7 Å². The van der Waals surface area contributed by atoms with E-state index in [4.69, 9.17) is 9.72 Å². The maximum atomic E-state index is 5.33. The third kappa shape index (κ3) is 3.27. The van der Waals surface area contributed by atoms with Gasteiger partial charge in [0.2, 0.25) is 0 Å². The van der Waals surface area contributed by atoms with Crippen LogP contribution in [0, 0.1) is 5.41 Å². The number of hydrogen-bond acceptors (Lipinski definition) is 6. The average Bonchev–Trinajstić information content (AvgIpc) is 2.94. The van der Waals surface area contributed by atoms with Crippen LogP contribution in [0.3, 0.4) is 0 Å². The van der Waals surface area contributed by atoms with Gasteiger partial charge in [-0.15, -0.1) is 0 Å². The van der Waals surface area contributed by atoms with Crippen LogP contribution in [0.4, 0.5) is 5.82 Å². The van der Waals surface area contributed by atoms with Crippen molar-refractivity contribution in [3.8, 4) is 11.4 Å². The average molecular weight is 359 g/mol. The summed E-state index contributed by atoms with van der Waals surface area (Å²) >= 11 is 1.55. The lowest BCUT2D eigenvalue weighted by atomic mass is 9.76. The maximum absolute atomic E-state index is 5.33. The molecule has 2 N–H and O–H groups in total. The maximum Gasteiger partial charge on any atom is 0.189 e. The van der Waals surface area contributed by atoms with Crippen molar-refractivity contribution in [2.75, 3.05) is 24.8 Å². The second-order valence-electron chi connectivity index (χ2n) is 8.17. The van der Waals surface area contributed by atoms with Crippen LogP contribution in [0.2, 0.25) is 0 Å². The first-order chi connectivity index (χ1) is 11.9. The molecular formula is C18H25N5OS. The van der Waals surface area contributed by atoms with E-state index in [1.54, 1.807) is 11.8 Å². The number of ether oxygens (including phenoxy) is 1. The fourth-order valence-corrected chi connectivity index (χ4v) is 3.93. The molecule has 1 saturated heterocycles. The number of nitrogens with one attached hydrogen (secondary N) is 2. The lowest BCUT2D eigenvalue weighted by Crippen LogP contribution is -2.53. The molecule has 1 fully saturated rings. The summed E-state index contributed by atoms with van der Waals surface area (Å²) in [4.78, 5) is 9.32. The van der Waals surface area contributed by atoms with Crippen LogP contribution >= 0.6 is 11.8 Å². The van der Waals surface area contributed by atoms with Gasteiger partial charge in [0, 0.05) is 17.3 Å². The van der Waals surface area contributed by atoms with Gasteiger partial charge in [0.25, 0.3) is 0 Å². The molecular weight excluding hydrogens is 334 g/mol. The number of nitrogens with zero attached hydrogens (tertiary/aromatic N) is 3.